The van der Waals surface area contributed by atoms with E-state index in [-0.39, 0.29) is 5.92 Å². The first-order valence-electron chi connectivity index (χ1n) is 9.01. The second-order valence-electron chi connectivity index (χ2n) is 6.74. The van der Waals surface area contributed by atoms with Crippen molar-refractivity contribution in [2.45, 2.75) is 25.7 Å². The minimum absolute atomic E-state index is 0.0449. The Morgan fingerprint density at radius 1 is 0.577 bits per heavy atom. The predicted molar refractivity (Wildman–Crippen MR) is 107 cm³/mol. The molecule has 1 unspecified atom stereocenters. The van der Waals surface area contributed by atoms with E-state index >= 15 is 0 Å². The Hall–Kier alpha value is -2.74. The van der Waals surface area contributed by atoms with Crippen LogP contribution in [0.15, 0.2) is 72.8 Å². The van der Waals surface area contributed by atoms with E-state index in [4.69, 9.17) is 9.47 Å². The van der Waals surface area contributed by atoms with E-state index in [1.54, 1.807) is 14.2 Å². The van der Waals surface area contributed by atoms with Gasteiger partial charge in [0.15, 0.2) is 0 Å². The fourth-order valence-electron chi connectivity index (χ4n) is 3.41. The zero-order chi connectivity index (χ0) is 18.5. The molecule has 0 aliphatic heterocycles. The minimum Gasteiger partial charge on any atom is -0.496 e. The van der Waals surface area contributed by atoms with Gasteiger partial charge in [-0.05, 0) is 34.7 Å². The largest absolute Gasteiger partial charge is 0.496 e. The molecule has 0 fully saturated rings. The second-order valence-corrected chi connectivity index (χ2v) is 6.74. The fourth-order valence-corrected chi connectivity index (χ4v) is 3.41. The average Bonchev–Trinajstić information content (AvgIpc) is 2.69. The summed E-state index contributed by atoms with van der Waals surface area (Å²) in [5, 5.41) is 0. The second kappa shape index (κ2) is 8.09. The van der Waals surface area contributed by atoms with Crippen LogP contribution in [0.25, 0.3) is 0 Å². The molecule has 26 heavy (non-hydrogen) atoms. The lowest BCUT2D eigenvalue weighted by Crippen LogP contribution is -2.08. The summed E-state index contributed by atoms with van der Waals surface area (Å²) in [4.78, 5) is 0. The Balaban J connectivity index is 2.20. The van der Waals surface area contributed by atoms with E-state index < -0.39 is 0 Å². The molecule has 3 rings (SSSR count). The van der Waals surface area contributed by atoms with Gasteiger partial charge in [0, 0.05) is 11.5 Å². The quantitative estimate of drug-likeness (QED) is 0.509. The maximum atomic E-state index is 5.69. The first kappa shape index (κ1) is 18.1. The minimum atomic E-state index is 0.0449. The number of ether oxygens (including phenoxy) is 2. The van der Waals surface area contributed by atoms with Crippen LogP contribution in [0.2, 0.25) is 0 Å². The Bertz CT molecular complexity index is 814. The summed E-state index contributed by atoms with van der Waals surface area (Å²) in [7, 11) is 3.42. The molecule has 0 heterocycles. The predicted octanol–water partition coefficient (Wildman–Crippen LogP) is 6.01. The zero-order valence-corrected chi connectivity index (χ0v) is 15.9. The summed E-state index contributed by atoms with van der Waals surface area (Å²) >= 11 is 0. The van der Waals surface area contributed by atoms with Crippen LogP contribution in [0.1, 0.15) is 47.9 Å². The summed E-state index contributed by atoms with van der Waals surface area (Å²) in [6.07, 6.45) is 0. The lowest BCUT2D eigenvalue weighted by Gasteiger charge is -2.24. The molecule has 0 aromatic heterocycles. The maximum absolute atomic E-state index is 5.69. The molecule has 134 valence electrons. The molecule has 0 saturated heterocycles. The van der Waals surface area contributed by atoms with Crippen molar-refractivity contribution in [3.8, 4) is 11.5 Å². The van der Waals surface area contributed by atoms with Crippen molar-refractivity contribution in [1.29, 1.82) is 0 Å². The number of hydrogen-bond donors (Lipinski definition) is 0. The van der Waals surface area contributed by atoms with E-state index in [1.165, 1.54) is 16.7 Å². The first-order valence-corrected chi connectivity index (χ1v) is 9.01. The third-order valence-corrected chi connectivity index (χ3v) is 4.82. The molecule has 0 amide bonds. The molecular weight excluding hydrogens is 320 g/mol. The van der Waals surface area contributed by atoms with Crippen LogP contribution in [-0.2, 0) is 0 Å². The van der Waals surface area contributed by atoms with Crippen molar-refractivity contribution in [1.82, 2.24) is 0 Å². The number of rotatable bonds is 6. The van der Waals surface area contributed by atoms with Gasteiger partial charge in [0.05, 0.1) is 14.2 Å². The van der Waals surface area contributed by atoms with Crippen LogP contribution in [0.3, 0.4) is 0 Å². The van der Waals surface area contributed by atoms with Crippen LogP contribution in [-0.4, -0.2) is 14.2 Å². The Morgan fingerprint density at radius 3 is 1.58 bits per heavy atom. The van der Waals surface area contributed by atoms with Crippen molar-refractivity contribution in [2.75, 3.05) is 14.2 Å². The van der Waals surface area contributed by atoms with Crippen molar-refractivity contribution in [3.05, 3.63) is 95.1 Å². The summed E-state index contributed by atoms with van der Waals surface area (Å²) in [6.45, 7) is 4.43. The molecular formula is C24H26O2. The standard InChI is InChI=1S/C24H26O2/c1-17(2)18-13-15-20(16-14-18)23(19-9-6-5-7-10-19)24-21(25-3)11-8-12-22(24)26-4/h5-17,23H,1-4H3. The molecule has 2 nitrogen and oxygen atoms in total. The highest BCUT2D eigenvalue weighted by atomic mass is 16.5. The van der Waals surface area contributed by atoms with E-state index in [2.05, 4.69) is 62.4 Å². The number of hydrogen-bond acceptors (Lipinski definition) is 2. The number of benzene rings is 3. The molecule has 2 heteroatoms. The molecule has 3 aromatic carbocycles. The number of methoxy groups -OCH3 is 2. The lowest BCUT2D eigenvalue weighted by atomic mass is 9.83. The Labute approximate surface area is 156 Å². The van der Waals surface area contributed by atoms with Crippen LogP contribution in [0.4, 0.5) is 0 Å². The van der Waals surface area contributed by atoms with Gasteiger partial charge in [-0.2, -0.15) is 0 Å². The van der Waals surface area contributed by atoms with E-state index in [0.717, 1.165) is 17.1 Å². The Morgan fingerprint density at radius 2 is 1.08 bits per heavy atom. The summed E-state index contributed by atoms with van der Waals surface area (Å²) in [5.74, 6) is 2.24. The van der Waals surface area contributed by atoms with Crippen LogP contribution in [0, 0.1) is 0 Å². The third kappa shape index (κ3) is 3.60. The molecule has 1 atom stereocenters. The van der Waals surface area contributed by atoms with Crippen molar-refractivity contribution in [2.24, 2.45) is 0 Å². The summed E-state index contributed by atoms with van der Waals surface area (Å²) < 4.78 is 11.4. The van der Waals surface area contributed by atoms with Crippen molar-refractivity contribution in [3.63, 3.8) is 0 Å². The molecule has 0 N–H and O–H groups in total. The monoisotopic (exact) mass is 346 g/mol. The van der Waals surface area contributed by atoms with Gasteiger partial charge in [0.1, 0.15) is 11.5 Å². The first-order chi connectivity index (χ1) is 12.7. The molecule has 0 bridgehead atoms. The van der Waals surface area contributed by atoms with Gasteiger partial charge in [0.2, 0.25) is 0 Å². The fraction of sp³-hybridized carbons (Fsp3) is 0.250. The third-order valence-electron chi connectivity index (χ3n) is 4.82. The molecule has 0 saturated carbocycles. The van der Waals surface area contributed by atoms with Crippen molar-refractivity contribution < 1.29 is 9.47 Å². The van der Waals surface area contributed by atoms with Gasteiger partial charge in [-0.15, -0.1) is 0 Å². The van der Waals surface area contributed by atoms with Gasteiger partial charge >= 0.3 is 0 Å². The summed E-state index contributed by atoms with van der Waals surface area (Å²) in [5.41, 5.74) is 4.84. The van der Waals surface area contributed by atoms with Crippen LogP contribution >= 0.6 is 0 Å². The van der Waals surface area contributed by atoms with Crippen LogP contribution in [0.5, 0.6) is 11.5 Å². The zero-order valence-electron chi connectivity index (χ0n) is 15.9. The average molecular weight is 346 g/mol. The highest BCUT2D eigenvalue weighted by Gasteiger charge is 2.24. The van der Waals surface area contributed by atoms with E-state index in [1.807, 2.05) is 24.3 Å². The SMILES string of the molecule is COc1cccc(OC)c1C(c1ccccc1)c1ccc(C(C)C)cc1. The maximum Gasteiger partial charge on any atom is 0.126 e. The van der Waals surface area contributed by atoms with Crippen molar-refractivity contribution >= 4 is 0 Å². The topological polar surface area (TPSA) is 18.5 Å². The summed E-state index contributed by atoms with van der Waals surface area (Å²) in [6, 6.07) is 25.4. The van der Waals surface area contributed by atoms with Gasteiger partial charge < -0.3 is 9.47 Å². The molecule has 0 spiro atoms. The van der Waals surface area contributed by atoms with E-state index in [9.17, 15) is 0 Å². The highest BCUT2D eigenvalue weighted by molar-refractivity contribution is 5.55. The van der Waals surface area contributed by atoms with Gasteiger partial charge in [-0.25, -0.2) is 0 Å². The van der Waals surface area contributed by atoms with Gasteiger partial charge in [-0.1, -0.05) is 74.5 Å². The van der Waals surface area contributed by atoms with Gasteiger partial charge in [-0.3, -0.25) is 0 Å². The lowest BCUT2D eigenvalue weighted by molar-refractivity contribution is 0.384. The smallest absolute Gasteiger partial charge is 0.126 e. The Kier molecular flexibility index (Phi) is 5.62. The normalized spacial score (nSPS) is 12.0. The molecule has 0 aliphatic carbocycles. The van der Waals surface area contributed by atoms with E-state index in [0.29, 0.717) is 5.92 Å². The van der Waals surface area contributed by atoms with Crippen LogP contribution < -0.4 is 9.47 Å². The molecule has 0 aliphatic rings. The highest BCUT2D eigenvalue weighted by Crippen LogP contribution is 2.42. The molecule has 3 aromatic rings. The molecule has 0 radical (unpaired) electrons. The van der Waals surface area contributed by atoms with Gasteiger partial charge in [0.25, 0.3) is 0 Å².